The van der Waals surface area contributed by atoms with E-state index in [9.17, 15) is 0 Å². The van der Waals surface area contributed by atoms with Gasteiger partial charge in [-0.05, 0) is 38.1 Å². The molecule has 1 saturated heterocycles. The number of para-hydroxylation sites is 1. The molecule has 98 valence electrons. The second-order valence-electron chi connectivity index (χ2n) is 4.97. The van der Waals surface area contributed by atoms with Crippen LogP contribution in [0.25, 0.3) is 0 Å². The predicted octanol–water partition coefficient (Wildman–Crippen LogP) is 1.88. The standard InChI is InChI=1S/C13H18ClN3O/c14-11-4-3-5-12-13(11)18-9-10(17(12)15)8-16-6-1-2-7-16/h3-5,10H,1-2,6-9,15H2. The summed E-state index contributed by atoms with van der Waals surface area (Å²) < 4.78 is 5.77. The first-order chi connectivity index (χ1) is 8.75. The number of benzene rings is 1. The molecular formula is C13H18ClN3O. The SMILES string of the molecule is NN1c2cccc(Cl)c2OCC1CN1CCCC1. The van der Waals surface area contributed by atoms with Gasteiger partial charge in [-0.1, -0.05) is 17.7 Å². The topological polar surface area (TPSA) is 41.7 Å². The zero-order chi connectivity index (χ0) is 12.5. The lowest BCUT2D eigenvalue weighted by Crippen LogP contribution is -2.53. The van der Waals surface area contributed by atoms with Crippen LogP contribution in [0.1, 0.15) is 12.8 Å². The normalized spacial score (nSPS) is 23.9. The van der Waals surface area contributed by atoms with Crippen molar-refractivity contribution < 1.29 is 4.74 Å². The summed E-state index contributed by atoms with van der Waals surface area (Å²) in [6.45, 7) is 3.91. The first-order valence-corrected chi connectivity index (χ1v) is 6.81. The highest BCUT2D eigenvalue weighted by Gasteiger charge is 2.29. The molecule has 2 aliphatic heterocycles. The van der Waals surface area contributed by atoms with Crippen molar-refractivity contribution in [2.75, 3.05) is 31.3 Å². The number of ether oxygens (including phenoxy) is 1. The quantitative estimate of drug-likeness (QED) is 0.831. The van der Waals surface area contributed by atoms with Crippen LogP contribution < -0.4 is 15.6 Å². The Labute approximate surface area is 112 Å². The van der Waals surface area contributed by atoms with Crippen LogP contribution in [-0.2, 0) is 0 Å². The van der Waals surface area contributed by atoms with Crippen molar-refractivity contribution in [2.24, 2.45) is 5.84 Å². The summed E-state index contributed by atoms with van der Waals surface area (Å²) in [6.07, 6.45) is 2.58. The summed E-state index contributed by atoms with van der Waals surface area (Å²) in [6, 6.07) is 5.89. The molecule has 1 aromatic carbocycles. The lowest BCUT2D eigenvalue weighted by molar-refractivity contribution is 0.216. The minimum absolute atomic E-state index is 0.203. The second kappa shape index (κ2) is 4.96. The van der Waals surface area contributed by atoms with Crippen LogP contribution in [0, 0.1) is 0 Å². The highest BCUT2D eigenvalue weighted by atomic mass is 35.5. The van der Waals surface area contributed by atoms with Crippen LogP contribution in [-0.4, -0.2) is 37.2 Å². The zero-order valence-electron chi connectivity index (χ0n) is 10.3. The van der Waals surface area contributed by atoms with Crippen LogP contribution in [0.4, 0.5) is 5.69 Å². The van der Waals surface area contributed by atoms with E-state index in [1.54, 1.807) is 0 Å². The van der Waals surface area contributed by atoms with Crippen LogP contribution in [0.5, 0.6) is 5.75 Å². The number of fused-ring (bicyclic) bond motifs is 1. The van der Waals surface area contributed by atoms with Gasteiger partial charge in [0.2, 0.25) is 0 Å². The Morgan fingerprint density at radius 2 is 2.11 bits per heavy atom. The van der Waals surface area contributed by atoms with Crippen molar-refractivity contribution in [1.82, 2.24) is 4.90 Å². The molecule has 0 saturated carbocycles. The molecule has 0 spiro atoms. The Morgan fingerprint density at radius 3 is 2.89 bits per heavy atom. The molecule has 18 heavy (non-hydrogen) atoms. The van der Waals surface area contributed by atoms with Gasteiger partial charge in [-0.2, -0.15) is 0 Å². The lowest BCUT2D eigenvalue weighted by Gasteiger charge is -2.37. The van der Waals surface area contributed by atoms with Gasteiger partial charge in [-0.25, -0.2) is 5.84 Å². The molecule has 1 atom stereocenters. The molecular weight excluding hydrogens is 250 g/mol. The van der Waals surface area contributed by atoms with Crippen LogP contribution in [0.15, 0.2) is 18.2 Å². The van der Waals surface area contributed by atoms with Gasteiger partial charge in [-0.3, -0.25) is 5.01 Å². The van der Waals surface area contributed by atoms with E-state index in [0.29, 0.717) is 17.4 Å². The molecule has 0 amide bonds. The van der Waals surface area contributed by atoms with Gasteiger partial charge >= 0.3 is 0 Å². The van der Waals surface area contributed by atoms with Crippen molar-refractivity contribution in [3.8, 4) is 5.75 Å². The van der Waals surface area contributed by atoms with Gasteiger partial charge in [0.1, 0.15) is 6.61 Å². The van der Waals surface area contributed by atoms with Crippen molar-refractivity contribution in [3.63, 3.8) is 0 Å². The van der Waals surface area contributed by atoms with Gasteiger partial charge in [-0.15, -0.1) is 0 Å². The largest absolute Gasteiger partial charge is 0.488 e. The molecule has 2 aliphatic rings. The summed E-state index contributed by atoms with van der Waals surface area (Å²) in [5.41, 5.74) is 0.887. The first kappa shape index (κ1) is 12.1. The molecule has 1 aromatic rings. The van der Waals surface area contributed by atoms with Gasteiger partial charge < -0.3 is 9.64 Å². The first-order valence-electron chi connectivity index (χ1n) is 6.43. The molecule has 0 aliphatic carbocycles. The van der Waals surface area contributed by atoms with Crippen LogP contribution in [0.2, 0.25) is 5.02 Å². The number of hydrazine groups is 1. The number of nitrogens with zero attached hydrogens (tertiary/aromatic N) is 2. The van der Waals surface area contributed by atoms with E-state index in [-0.39, 0.29) is 6.04 Å². The molecule has 5 heteroatoms. The van der Waals surface area contributed by atoms with Crippen molar-refractivity contribution in [3.05, 3.63) is 23.2 Å². The van der Waals surface area contributed by atoms with Crippen molar-refractivity contribution in [2.45, 2.75) is 18.9 Å². The number of anilines is 1. The third-order valence-corrected chi connectivity index (χ3v) is 4.00. The van der Waals surface area contributed by atoms with E-state index in [1.807, 2.05) is 23.2 Å². The highest BCUT2D eigenvalue weighted by Crippen LogP contribution is 2.38. The lowest BCUT2D eigenvalue weighted by atomic mass is 10.2. The monoisotopic (exact) mass is 267 g/mol. The highest BCUT2D eigenvalue weighted by molar-refractivity contribution is 6.32. The fourth-order valence-electron chi connectivity index (χ4n) is 2.70. The Kier molecular flexibility index (Phi) is 3.33. The Balaban J connectivity index is 1.76. The molecule has 0 bridgehead atoms. The average molecular weight is 268 g/mol. The number of hydrogen-bond acceptors (Lipinski definition) is 4. The molecule has 4 nitrogen and oxygen atoms in total. The van der Waals surface area contributed by atoms with Crippen molar-refractivity contribution >= 4 is 17.3 Å². The van der Waals surface area contributed by atoms with E-state index in [4.69, 9.17) is 22.2 Å². The number of rotatable bonds is 2. The van der Waals surface area contributed by atoms with E-state index in [0.717, 1.165) is 12.2 Å². The fraction of sp³-hybridized carbons (Fsp3) is 0.538. The van der Waals surface area contributed by atoms with Crippen LogP contribution >= 0.6 is 11.6 Å². The third-order valence-electron chi connectivity index (χ3n) is 3.71. The molecule has 0 aromatic heterocycles. The summed E-state index contributed by atoms with van der Waals surface area (Å²) in [4.78, 5) is 2.45. The Bertz CT molecular complexity index is 434. The van der Waals surface area contributed by atoms with Gasteiger partial charge in [0.25, 0.3) is 0 Å². The summed E-state index contributed by atoms with van der Waals surface area (Å²) in [5.74, 6) is 6.91. The molecule has 3 rings (SSSR count). The maximum atomic E-state index is 6.21. The molecule has 0 radical (unpaired) electrons. The summed E-state index contributed by atoms with van der Waals surface area (Å²) in [7, 11) is 0. The van der Waals surface area contributed by atoms with Gasteiger partial charge in [0.15, 0.2) is 5.75 Å². The molecule has 2 heterocycles. The minimum Gasteiger partial charge on any atom is -0.488 e. The molecule has 1 unspecified atom stereocenters. The maximum absolute atomic E-state index is 6.21. The number of nitrogens with two attached hydrogens (primary N) is 1. The summed E-state index contributed by atoms with van der Waals surface area (Å²) in [5, 5.41) is 2.44. The van der Waals surface area contributed by atoms with Crippen LogP contribution in [0.3, 0.4) is 0 Å². The van der Waals surface area contributed by atoms with E-state index >= 15 is 0 Å². The Morgan fingerprint density at radius 1 is 1.33 bits per heavy atom. The minimum atomic E-state index is 0.203. The van der Waals surface area contributed by atoms with E-state index < -0.39 is 0 Å². The zero-order valence-corrected chi connectivity index (χ0v) is 11.1. The molecule has 2 N–H and O–H groups in total. The second-order valence-corrected chi connectivity index (χ2v) is 5.38. The predicted molar refractivity (Wildman–Crippen MR) is 73.1 cm³/mol. The Hall–Kier alpha value is -0.970. The third kappa shape index (κ3) is 2.16. The summed E-state index contributed by atoms with van der Waals surface area (Å²) >= 11 is 6.11. The number of halogens is 1. The fourth-order valence-corrected chi connectivity index (χ4v) is 2.93. The number of likely N-dealkylation sites (tertiary alicyclic amines) is 1. The van der Waals surface area contributed by atoms with Crippen molar-refractivity contribution in [1.29, 1.82) is 0 Å². The average Bonchev–Trinajstić information content (AvgIpc) is 2.86. The number of hydrogen-bond donors (Lipinski definition) is 1. The maximum Gasteiger partial charge on any atom is 0.162 e. The molecule has 1 fully saturated rings. The van der Waals surface area contributed by atoms with E-state index in [2.05, 4.69) is 4.90 Å². The van der Waals surface area contributed by atoms with Gasteiger partial charge in [0.05, 0.1) is 16.8 Å². The smallest absolute Gasteiger partial charge is 0.162 e. The van der Waals surface area contributed by atoms with Gasteiger partial charge in [0, 0.05) is 6.54 Å². The van der Waals surface area contributed by atoms with E-state index in [1.165, 1.54) is 25.9 Å².